The normalized spacial score (nSPS) is 13.7. The molecular weight excluding hydrogens is 453 g/mol. The average Bonchev–Trinajstić information content (AvgIpc) is 2.87. The lowest BCUT2D eigenvalue weighted by Gasteiger charge is -2.33. The van der Waals surface area contributed by atoms with E-state index in [1.165, 1.54) is 12.8 Å². The minimum absolute atomic E-state index is 0.778. The first-order valence-corrected chi connectivity index (χ1v) is 10.7. The first-order valence-electron chi connectivity index (χ1n) is 7.82. The molecule has 1 aromatic heterocycles. The van der Waals surface area contributed by atoms with Crippen molar-refractivity contribution >= 4 is 27.6 Å². The Labute approximate surface area is 166 Å². The molecule has 0 aromatic carbocycles. The molecule has 0 unspecified atom stereocenters. The van der Waals surface area contributed by atoms with E-state index in [4.69, 9.17) is 0 Å². The molecule has 0 atom stereocenters. The van der Waals surface area contributed by atoms with Crippen LogP contribution in [0.1, 0.15) is 19.8 Å². The van der Waals surface area contributed by atoms with Gasteiger partial charge in [0.1, 0.15) is 6.20 Å². The van der Waals surface area contributed by atoms with Crippen LogP contribution < -0.4 is 4.48 Å². The molecule has 0 aliphatic carbocycles. The lowest BCUT2D eigenvalue weighted by atomic mass is 10.1. The van der Waals surface area contributed by atoms with Crippen molar-refractivity contribution in [3.8, 4) is 0 Å². The monoisotopic (exact) mass is 474 g/mol. The zero-order valence-electron chi connectivity index (χ0n) is 15.9. The van der Waals surface area contributed by atoms with Crippen LogP contribution in [0.4, 0.5) is 26.3 Å². The van der Waals surface area contributed by atoms with Gasteiger partial charge in [-0.25, -0.2) is 21.4 Å². The average molecular weight is 474 g/mol. The van der Waals surface area contributed by atoms with E-state index in [-0.39, 0.29) is 0 Å². The minimum atomic E-state index is -6.72. The molecule has 0 N–H and O–H groups in total. The molecule has 0 aliphatic rings. The summed E-state index contributed by atoms with van der Waals surface area (Å²) in [6.45, 7) is 3.34. The molecule has 8 nitrogen and oxygen atoms in total. The Morgan fingerprint density at radius 2 is 1.45 bits per heavy atom. The van der Waals surface area contributed by atoms with Gasteiger partial charge < -0.3 is 13.0 Å². The predicted octanol–water partition coefficient (Wildman–Crippen LogP) is 1.72. The third kappa shape index (κ3) is 9.82. The van der Waals surface area contributed by atoms with Crippen LogP contribution in [0.25, 0.3) is 4.13 Å². The van der Waals surface area contributed by atoms with Crippen LogP contribution in [0, 0.1) is 0 Å². The fraction of sp³-hybridized carbons (Fsp3) is 0.750. The highest BCUT2D eigenvalue weighted by Crippen LogP contribution is 2.36. The maximum atomic E-state index is 11.4. The van der Waals surface area contributed by atoms with Gasteiger partial charge in [0.05, 0.1) is 12.7 Å². The molecule has 1 heterocycles. The molecular formula is C12H21BF6N4O4S2. The molecule has 0 saturated heterocycles. The Hall–Kier alpha value is -1.33. The van der Waals surface area contributed by atoms with E-state index in [2.05, 4.69) is 63.4 Å². The second-order valence-corrected chi connectivity index (χ2v) is 10.0. The van der Waals surface area contributed by atoms with Gasteiger partial charge in [0, 0.05) is 21.1 Å². The van der Waals surface area contributed by atoms with Crippen LogP contribution in [-0.2, 0) is 26.6 Å². The topological polar surface area (TPSA) is 91.2 Å². The second kappa shape index (κ2) is 9.66. The summed E-state index contributed by atoms with van der Waals surface area (Å²) in [5, 5.41) is 0. The van der Waals surface area contributed by atoms with E-state index in [1.807, 2.05) is 0 Å². The van der Waals surface area contributed by atoms with Crippen molar-refractivity contribution in [2.75, 3.05) is 21.1 Å². The van der Waals surface area contributed by atoms with E-state index < -0.39 is 31.1 Å². The zero-order chi connectivity index (χ0) is 23.3. The predicted molar refractivity (Wildman–Crippen MR) is 92.0 cm³/mol. The van der Waals surface area contributed by atoms with Gasteiger partial charge in [0.25, 0.3) is 7.55 Å². The van der Waals surface area contributed by atoms with Gasteiger partial charge in [-0.05, 0) is 6.42 Å². The Morgan fingerprint density at radius 1 is 1.00 bits per heavy atom. The summed E-state index contributed by atoms with van der Waals surface area (Å²) >= 11 is 0. The summed E-state index contributed by atoms with van der Waals surface area (Å²) in [5.41, 5.74) is -12.4. The summed E-state index contributed by atoms with van der Waals surface area (Å²) in [6, 6.07) is 0. The van der Waals surface area contributed by atoms with Crippen molar-refractivity contribution in [1.82, 2.24) is 4.57 Å². The molecule has 17 heteroatoms. The van der Waals surface area contributed by atoms with Crippen molar-refractivity contribution in [2.45, 2.75) is 37.3 Å². The number of alkyl halides is 6. The van der Waals surface area contributed by atoms with Gasteiger partial charge >= 0.3 is 11.0 Å². The van der Waals surface area contributed by atoms with E-state index in [1.54, 1.807) is 0 Å². The molecule has 0 spiro atoms. The largest absolute Gasteiger partial charge is 0.526 e. The van der Waals surface area contributed by atoms with Crippen LogP contribution >= 0.6 is 0 Å². The van der Waals surface area contributed by atoms with Gasteiger partial charge in [-0.1, -0.05) is 13.3 Å². The summed E-state index contributed by atoms with van der Waals surface area (Å²) in [5.74, 6) is 0. The van der Waals surface area contributed by atoms with Crippen LogP contribution in [0.2, 0.25) is 0 Å². The lowest BCUT2D eigenvalue weighted by Crippen LogP contribution is -2.55. The lowest BCUT2D eigenvalue weighted by molar-refractivity contribution is -0.806. The second-order valence-electron chi connectivity index (χ2n) is 6.60. The highest BCUT2D eigenvalue weighted by Gasteiger charge is 2.46. The standard InChI is InChI=1S/C10H21BN3.C2F6NO4S2/c1-5-6-7-12-8-9-13(10-12)11-14(2,3)4;3-1(4,5)14(10,11)9-15(12,13)2(6,7)8/h8-10H,5-7H2,1-4H3;/q+1;-1. The van der Waals surface area contributed by atoms with Gasteiger partial charge in [0.15, 0.2) is 26.4 Å². The minimum Gasteiger partial charge on any atom is -0.526 e. The third-order valence-electron chi connectivity index (χ3n) is 2.74. The molecule has 170 valence electrons. The number of halogens is 6. The fourth-order valence-electron chi connectivity index (χ4n) is 1.57. The summed E-state index contributed by atoms with van der Waals surface area (Å²) in [7, 11) is -4.83. The molecule has 0 aliphatic heterocycles. The first kappa shape index (κ1) is 27.7. The first-order chi connectivity index (χ1) is 12.7. The van der Waals surface area contributed by atoms with Crippen LogP contribution in [-0.4, -0.2) is 65.5 Å². The number of sulfonamides is 2. The van der Waals surface area contributed by atoms with Crippen molar-refractivity contribution in [1.29, 1.82) is 0 Å². The van der Waals surface area contributed by atoms with Crippen LogP contribution in [0.5, 0.6) is 0 Å². The van der Waals surface area contributed by atoms with Crippen LogP contribution in [0.3, 0.4) is 0 Å². The number of imidazole rings is 1. The number of hydrogen-bond donors (Lipinski definition) is 0. The molecule has 1 rings (SSSR count). The fourth-order valence-corrected chi connectivity index (χ4v) is 3.28. The maximum Gasteiger partial charge on any atom is 0.480 e. The SMILES string of the molecule is CCCCn1cc[n+]([B-][N+](C)(C)C)c1.O=S(=O)([N-]S(=O)(=O)C(F)(F)F)C(F)(F)F. The number of nitrogens with zero attached hydrogens (tertiary/aromatic N) is 4. The molecule has 0 bridgehead atoms. The smallest absolute Gasteiger partial charge is 0.480 e. The van der Waals surface area contributed by atoms with Gasteiger partial charge in [-0.15, -0.1) is 0 Å². The van der Waals surface area contributed by atoms with E-state index in [9.17, 15) is 43.2 Å². The highest BCUT2D eigenvalue weighted by molar-refractivity contribution is 8.13. The number of aromatic nitrogens is 2. The van der Waals surface area contributed by atoms with Crippen molar-refractivity contribution in [2.24, 2.45) is 0 Å². The van der Waals surface area contributed by atoms with Crippen molar-refractivity contribution in [3.63, 3.8) is 0 Å². The molecule has 0 saturated carbocycles. The number of unbranched alkanes of at least 4 members (excludes halogenated alkanes) is 1. The highest BCUT2D eigenvalue weighted by atomic mass is 32.3. The Kier molecular flexibility index (Phi) is 9.21. The molecule has 0 fully saturated rings. The number of hydrogen-bond acceptors (Lipinski definition) is 4. The zero-order valence-corrected chi connectivity index (χ0v) is 17.6. The summed E-state index contributed by atoms with van der Waals surface area (Å²) < 4.78 is 114. The van der Waals surface area contributed by atoms with Crippen molar-refractivity contribution < 1.29 is 52.1 Å². The van der Waals surface area contributed by atoms with E-state index in [0.29, 0.717) is 0 Å². The maximum absolute atomic E-state index is 11.4. The number of quaternary nitrogens is 1. The number of aryl methyl sites for hydroxylation is 1. The van der Waals surface area contributed by atoms with Gasteiger partial charge in [-0.2, -0.15) is 26.3 Å². The van der Waals surface area contributed by atoms with E-state index in [0.717, 1.165) is 15.1 Å². The molecule has 29 heavy (non-hydrogen) atoms. The van der Waals surface area contributed by atoms with Crippen molar-refractivity contribution in [3.05, 3.63) is 22.8 Å². The summed E-state index contributed by atoms with van der Waals surface area (Å²) in [4.78, 5) is 0. The van der Waals surface area contributed by atoms with Crippen LogP contribution in [0.15, 0.2) is 18.7 Å². The number of rotatable bonds is 7. The van der Waals surface area contributed by atoms with Gasteiger partial charge in [-0.3, -0.25) is 0 Å². The van der Waals surface area contributed by atoms with Gasteiger partial charge in [0.2, 0.25) is 0 Å². The Balaban J connectivity index is 0.000000541. The third-order valence-corrected chi connectivity index (χ3v) is 5.48. The Morgan fingerprint density at radius 3 is 1.79 bits per heavy atom. The molecule has 1 aromatic rings. The molecule has 2 radical (unpaired) electrons. The quantitative estimate of drug-likeness (QED) is 0.445. The van der Waals surface area contributed by atoms with E-state index >= 15 is 0 Å². The summed E-state index contributed by atoms with van der Waals surface area (Å²) in [6.07, 6.45) is 8.86. The molecule has 0 amide bonds. The Bertz CT molecular complexity index is 818.